The predicted molar refractivity (Wildman–Crippen MR) is 34.8 cm³/mol. The third kappa shape index (κ3) is 1.96. The molecule has 1 aliphatic carbocycles. The summed E-state index contributed by atoms with van der Waals surface area (Å²) in [5.74, 6) is -0.279. The molecule has 0 nitrogen and oxygen atoms in total. The summed E-state index contributed by atoms with van der Waals surface area (Å²) in [6, 6.07) is 0. The highest BCUT2D eigenvalue weighted by Crippen LogP contribution is 2.31. The summed E-state index contributed by atoms with van der Waals surface area (Å²) in [6.07, 6.45) is 4.67. The second-order valence-corrected chi connectivity index (χ2v) is 2.73. The molecule has 1 fully saturated rings. The molecule has 0 amide bonds. The minimum Gasteiger partial charge on any atom is -0.287 e. The van der Waals surface area contributed by atoms with Crippen molar-refractivity contribution in [1.82, 2.24) is 0 Å². The number of hydrogen-bond acceptors (Lipinski definition) is 0. The molecule has 0 heterocycles. The van der Waals surface area contributed by atoms with Gasteiger partial charge in [-0.15, -0.1) is 0 Å². The van der Waals surface area contributed by atoms with Gasteiger partial charge in [0, 0.05) is 5.82 Å². The first-order valence-corrected chi connectivity index (χ1v) is 3.59. The summed E-state index contributed by atoms with van der Waals surface area (Å²) in [7, 11) is -2.06. The maximum Gasteiger partial charge on any atom is 0.541 e. The highest BCUT2D eigenvalue weighted by atomic mass is 19.2. The number of rotatable bonds is 1. The summed E-state index contributed by atoms with van der Waals surface area (Å²) in [6.45, 7) is 0. The molecule has 0 unspecified atom stereocenters. The zero-order valence-electron chi connectivity index (χ0n) is 5.45. The quantitative estimate of drug-likeness (QED) is 0.481. The molecule has 0 saturated heterocycles. The van der Waals surface area contributed by atoms with E-state index in [9.17, 15) is 8.63 Å². The predicted octanol–water partition coefficient (Wildman–Crippen LogP) is 2.75. The van der Waals surface area contributed by atoms with Crippen LogP contribution in [0.4, 0.5) is 8.63 Å². The second-order valence-electron chi connectivity index (χ2n) is 2.73. The van der Waals surface area contributed by atoms with Crippen LogP contribution < -0.4 is 0 Å². The van der Waals surface area contributed by atoms with Crippen LogP contribution in [0.5, 0.6) is 0 Å². The average molecular weight is 132 g/mol. The van der Waals surface area contributed by atoms with Crippen molar-refractivity contribution in [3.8, 4) is 0 Å². The summed E-state index contributed by atoms with van der Waals surface area (Å²) in [5, 5.41) is 0. The van der Waals surface area contributed by atoms with Crippen molar-refractivity contribution in [2.75, 3.05) is 0 Å². The topological polar surface area (TPSA) is 0 Å². The summed E-state index contributed by atoms with van der Waals surface area (Å²) < 4.78 is 23.8. The van der Waals surface area contributed by atoms with Gasteiger partial charge in [0.2, 0.25) is 0 Å². The van der Waals surface area contributed by atoms with Crippen molar-refractivity contribution in [3.05, 3.63) is 0 Å². The van der Waals surface area contributed by atoms with Crippen molar-refractivity contribution in [2.24, 2.45) is 0 Å². The van der Waals surface area contributed by atoms with E-state index >= 15 is 0 Å². The Bertz CT molecular complexity index is 79.1. The lowest BCUT2D eigenvalue weighted by atomic mass is 9.69. The van der Waals surface area contributed by atoms with Gasteiger partial charge in [-0.05, 0) is 0 Å². The van der Waals surface area contributed by atoms with E-state index in [1.54, 1.807) is 0 Å². The lowest BCUT2D eigenvalue weighted by molar-refractivity contribution is 0.456. The normalized spacial score (nSPS) is 22.0. The van der Waals surface area contributed by atoms with E-state index in [0.717, 1.165) is 32.1 Å². The van der Waals surface area contributed by atoms with Gasteiger partial charge >= 0.3 is 7.27 Å². The van der Waals surface area contributed by atoms with Gasteiger partial charge in [0.15, 0.2) is 0 Å². The van der Waals surface area contributed by atoms with Gasteiger partial charge in [-0.2, -0.15) is 0 Å². The third-order valence-electron chi connectivity index (χ3n) is 2.01. The van der Waals surface area contributed by atoms with Gasteiger partial charge in [-0.25, -0.2) is 0 Å². The number of halogens is 2. The Labute approximate surface area is 54.8 Å². The molecular formula is C6H11BF2. The van der Waals surface area contributed by atoms with Gasteiger partial charge in [0.25, 0.3) is 0 Å². The van der Waals surface area contributed by atoms with E-state index in [1.165, 1.54) is 0 Å². The molecule has 0 aromatic rings. The lowest BCUT2D eigenvalue weighted by Crippen LogP contribution is -2.12. The highest BCUT2D eigenvalue weighted by molar-refractivity contribution is 6.44. The van der Waals surface area contributed by atoms with Crippen molar-refractivity contribution < 1.29 is 8.63 Å². The van der Waals surface area contributed by atoms with E-state index in [-0.39, 0.29) is 5.82 Å². The highest BCUT2D eigenvalue weighted by Gasteiger charge is 2.28. The van der Waals surface area contributed by atoms with Crippen molar-refractivity contribution in [3.63, 3.8) is 0 Å². The van der Waals surface area contributed by atoms with E-state index in [2.05, 4.69) is 0 Å². The first kappa shape index (κ1) is 7.04. The molecule has 3 heteroatoms. The molecule has 0 aromatic carbocycles. The maximum absolute atomic E-state index is 11.9. The maximum atomic E-state index is 11.9. The molecule has 0 radical (unpaired) electrons. The van der Waals surface area contributed by atoms with Gasteiger partial charge < -0.3 is 0 Å². The molecule has 1 aliphatic rings. The van der Waals surface area contributed by atoms with Gasteiger partial charge in [-0.1, -0.05) is 32.1 Å². The Hall–Kier alpha value is -0.0751. The molecule has 0 bridgehead atoms. The van der Waals surface area contributed by atoms with Crippen LogP contribution in [0.2, 0.25) is 5.82 Å². The van der Waals surface area contributed by atoms with Gasteiger partial charge in [0.05, 0.1) is 0 Å². The Morgan fingerprint density at radius 3 is 1.89 bits per heavy atom. The fourth-order valence-corrected chi connectivity index (χ4v) is 1.39. The van der Waals surface area contributed by atoms with Crippen LogP contribution in [0.25, 0.3) is 0 Å². The van der Waals surface area contributed by atoms with Gasteiger partial charge in [0.1, 0.15) is 0 Å². The fourth-order valence-electron chi connectivity index (χ4n) is 1.39. The zero-order chi connectivity index (χ0) is 6.69. The average Bonchev–Trinajstić information content (AvgIpc) is 1.90. The Kier molecular flexibility index (Phi) is 2.49. The van der Waals surface area contributed by atoms with Crippen LogP contribution in [-0.2, 0) is 0 Å². The standard InChI is InChI=1S/C6H11BF2/c8-7(9)6-4-2-1-3-5-6/h6H,1-5H2. The van der Waals surface area contributed by atoms with E-state index in [1.807, 2.05) is 0 Å². The summed E-state index contributed by atoms with van der Waals surface area (Å²) >= 11 is 0. The Balaban J connectivity index is 2.23. The van der Waals surface area contributed by atoms with Crippen molar-refractivity contribution >= 4 is 7.27 Å². The minimum atomic E-state index is -2.06. The first-order chi connectivity index (χ1) is 4.30. The SMILES string of the molecule is FB(F)C1CCCCC1. The summed E-state index contributed by atoms with van der Waals surface area (Å²) in [4.78, 5) is 0. The molecule has 0 atom stereocenters. The molecule has 52 valence electrons. The monoisotopic (exact) mass is 132 g/mol. The van der Waals surface area contributed by atoms with Crippen LogP contribution in [-0.4, -0.2) is 7.27 Å². The van der Waals surface area contributed by atoms with E-state index in [0.29, 0.717) is 0 Å². The summed E-state index contributed by atoms with van der Waals surface area (Å²) in [5.41, 5.74) is 0. The van der Waals surface area contributed by atoms with Crippen LogP contribution in [0.15, 0.2) is 0 Å². The lowest BCUT2D eigenvalue weighted by Gasteiger charge is -2.17. The molecular weight excluding hydrogens is 121 g/mol. The van der Waals surface area contributed by atoms with E-state index < -0.39 is 7.27 Å². The number of hydrogen-bond donors (Lipinski definition) is 0. The van der Waals surface area contributed by atoms with Crippen LogP contribution >= 0.6 is 0 Å². The molecule has 1 rings (SSSR count). The van der Waals surface area contributed by atoms with Crippen molar-refractivity contribution in [2.45, 2.75) is 37.9 Å². The van der Waals surface area contributed by atoms with Gasteiger partial charge in [-0.3, -0.25) is 8.63 Å². The smallest absolute Gasteiger partial charge is 0.287 e. The zero-order valence-corrected chi connectivity index (χ0v) is 5.45. The van der Waals surface area contributed by atoms with Crippen molar-refractivity contribution in [1.29, 1.82) is 0 Å². The molecule has 1 saturated carbocycles. The third-order valence-corrected chi connectivity index (χ3v) is 2.01. The fraction of sp³-hybridized carbons (Fsp3) is 1.00. The Morgan fingerprint density at radius 2 is 1.56 bits per heavy atom. The minimum absolute atomic E-state index is 0.279. The van der Waals surface area contributed by atoms with Crippen LogP contribution in [0.3, 0.4) is 0 Å². The van der Waals surface area contributed by atoms with Crippen LogP contribution in [0, 0.1) is 0 Å². The Morgan fingerprint density at radius 1 is 1.00 bits per heavy atom. The van der Waals surface area contributed by atoms with E-state index in [4.69, 9.17) is 0 Å². The largest absolute Gasteiger partial charge is 0.541 e. The van der Waals surface area contributed by atoms with Crippen LogP contribution in [0.1, 0.15) is 32.1 Å². The second kappa shape index (κ2) is 3.18. The first-order valence-electron chi connectivity index (χ1n) is 3.59. The molecule has 9 heavy (non-hydrogen) atoms. The molecule has 0 N–H and O–H groups in total. The molecule has 0 spiro atoms. The molecule has 0 aromatic heterocycles. The molecule has 0 aliphatic heterocycles.